The molecule has 224 valence electrons. The maximum absolute atomic E-state index is 13.1. The maximum atomic E-state index is 13.1. The topological polar surface area (TPSA) is 114 Å². The summed E-state index contributed by atoms with van der Waals surface area (Å²) in [5, 5.41) is 23.4. The van der Waals surface area contributed by atoms with E-state index in [9.17, 15) is 18.0 Å². The number of pyridine rings is 1. The first-order chi connectivity index (χ1) is 19.9. The molecule has 3 rings (SSSR count). The zero-order chi connectivity index (χ0) is 30.9. The fourth-order valence-electron chi connectivity index (χ4n) is 4.11. The Bertz CT molecular complexity index is 1400. The highest BCUT2D eigenvalue weighted by Crippen LogP contribution is 2.28. The van der Waals surface area contributed by atoms with Gasteiger partial charge in [0.05, 0.1) is 25.8 Å². The van der Waals surface area contributed by atoms with E-state index in [-0.39, 0.29) is 29.9 Å². The van der Waals surface area contributed by atoms with Crippen LogP contribution in [0.2, 0.25) is 5.02 Å². The molecule has 0 fully saturated rings. The maximum Gasteiger partial charge on any atom is 0.390 e. The van der Waals surface area contributed by atoms with Crippen LogP contribution in [0.4, 0.5) is 23.7 Å². The zero-order valence-electron chi connectivity index (χ0n) is 23.6. The van der Waals surface area contributed by atoms with Gasteiger partial charge in [-0.2, -0.15) is 13.2 Å². The average molecular weight is 603 g/mol. The Labute approximate surface area is 248 Å². The summed E-state index contributed by atoms with van der Waals surface area (Å²) in [6, 6.07) is 14.7. The molecule has 0 spiro atoms. The van der Waals surface area contributed by atoms with Crippen molar-refractivity contribution < 1.29 is 22.7 Å². The van der Waals surface area contributed by atoms with Crippen LogP contribution >= 0.6 is 11.6 Å². The molecule has 2 aromatic carbocycles. The van der Waals surface area contributed by atoms with Crippen molar-refractivity contribution >= 4 is 34.9 Å². The summed E-state index contributed by atoms with van der Waals surface area (Å²) in [7, 11) is 1.43. The van der Waals surface area contributed by atoms with Crippen molar-refractivity contribution in [1.29, 1.82) is 10.8 Å². The summed E-state index contributed by atoms with van der Waals surface area (Å²) in [6.45, 7) is 3.32. The second kappa shape index (κ2) is 14.7. The highest BCUT2D eigenvalue weighted by molar-refractivity contribution is 6.31. The number of methoxy groups -OCH3 is 1. The second-order valence-corrected chi connectivity index (χ2v) is 10.0. The third-order valence-corrected chi connectivity index (χ3v) is 7.13. The lowest BCUT2D eigenvalue weighted by Crippen LogP contribution is -2.46. The first-order valence-electron chi connectivity index (χ1n) is 13.3. The number of anilines is 1. The summed E-state index contributed by atoms with van der Waals surface area (Å²) in [5.74, 6) is 0.122. The van der Waals surface area contributed by atoms with Crippen LogP contribution in [0.3, 0.4) is 0 Å². The molecule has 12 heteroatoms. The molecule has 1 aromatic heterocycles. The number of urea groups is 1. The number of alkyl halides is 3. The molecule has 0 radical (unpaired) electrons. The highest BCUT2D eigenvalue weighted by Gasteiger charge is 2.31. The molecule has 4 N–H and O–H groups in total. The van der Waals surface area contributed by atoms with Crippen molar-refractivity contribution in [2.45, 2.75) is 45.3 Å². The van der Waals surface area contributed by atoms with Gasteiger partial charge in [0.25, 0.3) is 0 Å². The third-order valence-electron chi connectivity index (χ3n) is 6.76. The third kappa shape index (κ3) is 8.69. The molecule has 0 saturated heterocycles. The zero-order valence-corrected chi connectivity index (χ0v) is 24.4. The van der Waals surface area contributed by atoms with E-state index in [1.54, 1.807) is 30.3 Å². The van der Waals surface area contributed by atoms with Crippen molar-refractivity contribution in [3.05, 3.63) is 88.1 Å². The number of carbonyl (C=O) groups excluding carboxylic acids is 1. The van der Waals surface area contributed by atoms with Crippen LogP contribution in [0.5, 0.6) is 5.88 Å². The lowest BCUT2D eigenvalue weighted by Gasteiger charge is -2.25. The quantitative estimate of drug-likeness (QED) is 0.129. The predicted molar refractivity (Wildman–Crippen MR) is 159 cm³/mol. The minimum absolute atomic E-state index is 0.0501. The smallest absolute Gasteiger partial charge is 0.390 e. The van der Waals surface area contributed by atoms with Crippen LogP contribution in [0, 0.1) is 10.8 Å². The number of amides is 2. The van der Waals surface area contributed by atoms with E-state index >= 15 is 0 Å². The molecule has 0 aliphatic rings. The molecule has 8 nitrogen and oxygen atoms in total. The average Bonchev–Trinajstić information content (AvgIpc) is 2.98. The number of aromatic nitrogens is 1. The number of nitrogens with one attached hydrogen (secondary N) is 4. The van der Waals surface area contributed by atoms with Gasteiger partial charge in [0.2, 0.25) is 5.88 Å². The minimum atomic E-state index is -4.53. The number of benzene rings is 2. The van der Waals surface area contributed by atoms with Crippen LogP contribution in [0.15, 0.2) is 60.8 Å². The minimum Gasteiger partial charge on any atom is -0.480 e. The number of rotatable bonds is 12. The number of ether oxygens (including phenoxy) is 1. The van der Waals surface area contributed by atoms with Crippen molar-refractivity contribution in [3.8, 4) is 5.88 Å². The van der Waals surface area contributed by atoms with Crippen molar-refractivity contribution in [2.24, 2.45) is 0 Å². The van der Waals surface area contributed by atoms with E-state index in [2.05, 4.69) is 22.5 Å². The van der Waals surface area contributed by atoms with Crippen molar-refractivity contribution in [2.75, 3.05) is 25.5 Å². The summed E-state index contributed by atoms with van der Waals surface area (Å²) in [4.78, 5) is 18.1. The second-order valence-electron chi connectivity index (χ2n) is 9.62. The van der Waals surface area contributed by atoms with Gasteiger partial charge in [0.1, 0.15) is 11.5 Å². The molecule has 3 aromatic rings. The SMILES string of the molecule is CCC(C)c1ccc(C(=N)N(CCC(F)(F)F)C(=O)NCC(=N)c2ccnc(OC)c2NCc2ccccc2Cl)cc1. The lowest BCUT2D eigenvalue weighted by atomic mass is 9.97. The van der Waals surface area contributed by atoms with Gasteiger partial charge in [-0.3, -0.25) is 10.3 Å². The van der Waals surface area contributed by atoms with E-state index in [0.29, 0.717) is 28.4 Å². The first-order valence-corrected chi connectivity index (χ1v) is 13.7. The number of carbonyl (C=O) groups is 1. The normalized spacial score (nSPS) is 11.9. The summed E-state index contributed by atoms with van der Waals surface area (Å²) < 4.78 is 44.7. The number of amidine groups is 1. The molecule has 1 unspecified atom stereocenters. The van der Waals surface area contributed by atoms with Gasteiger partial charge in [0, 0.05) is 35.4 Å². The monoisotopic (exact) mass is 602 g/mol. The molecule has 2 amide bonds. The van der Waals surface area contributed by atoms with Gasteiger partial charge in [-0.1, -0.05) is 67.9 Å². The van der Waals surface area contributed by atoms with Gasteiger partial charge in [-0.15, -0.1) is 0 Å². The largest absolute Gasteiger partial charge is 0.480 e. The molecule has 0 aliphatic heterocycles. The Balaban J connectivity index is 1.77. The number of hydrogen-bond donors (Lipinski definition) is 4. The molecular formula is C30H34ClF3N6O2. The first kappa shape index (κ1) is 32.4. The number of hydrogen-bond acceptors (Lipinski definition) is 6. The Morgan fingerprint density at radius 3 is 2.43 bits per heavy atom. The van der Waals surface area contributed by atoms with Crippen LogP contribution in [-0.4, -0.2) is 53.8 Å². The molecular weight excluding hydrogens is 569 g/mol. The summed E-state index contributed by atoms with van der Waals surface area (Å²) >= 11 is 6.26. The number of halogens is 4. The van der Waals surface area contributed by atoms with Gasteiger partial charge < -0.3 is 20.8 Å². The molecule has 0 bridgehead atoms. The Morgan fingerprint density at radius 2 is 1.81 bits per heavy atom. The Kier molecular flexibility index (Phi) is 11.3. The molecule has 1 heterocycles. The highest BCUT2D eigenvalue weighted by atomic mass is 35.5. The molecule has 1 atom stereocenters. The van der Waals surface area contributed by atoms with E-state index in [4.69, 9.17) is 27.2 Å². The van der Waals surface area contributed by atoms with E-state index in [0.717, 1.165) is 22.4 Å². The fourth-order valence-corrected chi connectivity index (χ4v) is 4.32. The summed E-state index contributed by atoms with van der Waals surface area (Å²) in [6.07, 6.45) is -3.46. The molecule has 0 saturated carbocycles. The van der Waals surface area contributed by atoms with Crippen molar-refractivity contribution in [1.82, 2.24) is 15.2 Å². The van der Waals surface area contributed by atoms with E-state index < -0.39 is 25.2 Å². The van der Waals surface area contributed by atoms with Crippen LogP contribution in [0.1, 0.15) is 54.9 Å². The van der Waals surface area contributed by atoms with Gasteiger partial charge >= 0.3 is 12.2 Å². The van der Waals surface area contributed by atoms with Crippen LogP contribution in [0.25, 0.3) is 0 Å². The molecule has 42 heavy (non-hydrogen) atoms. The van der Waals surface area contributed by atoms with Crippen molar-refractivity contribution in [3.63, 3.8) is 0 Å². The predicted octanol–water partition coefficient (Wildman–Crippen LogP) is 7.23. The standard InChI is InChI=1S/C30H34ClF3N6O2/c1-4-19(2)20-9-11-21(12-10-20)27(36)40(16-14-30(32,33)34)29(41)39-18-25(35)23-13-15-37-28(42-3)26(23)38-17-22-7-5-6-8-24(22)31/h5-13,15,19,35-36,38H,4,14,16-18H2,1-3H3,(H,39,41). The van der Waals surface area contributed by atoms with Gasteiger partial charge in [-0.25, -0.2) is 9.78 Å². The van der Waals surface area contributed by atoms with Crippen LogP contribution in [-0.2, 0) is 6.54 Å². The van der Waals surface area contributed by atoms with Gasteiger partial charge in [0.15, 0.2) is 0 Å². The van der Waals surface area contributed by atoms with Crippen LogP contribution < -0.4 is 15.4 Å². The Hall–Kier alpha value is -4.12. The Morgan fingerprint density at radius 1 is 1.12 bits per heavy atom. The fraction of sp³-hybridized carbons (Fsp3) is 0.333. The van der Waals surface area contributed by atoms with Gasteiger partial charge in [-0.05, 0) is 35.6 Å². The number of nitrogens with zero attached hydrogens (tertiary/aromatic N) is 2. The summed E-state index contributed by atoms with van der Waals surface area (Å²) in [5.41, 5.74) is 2.84. The van der Waals surface area contributed by atoms with E-state index in [1.807, 2.05) is 31.2 Å². The van der Waals surface area contributed by atoms with E-state index in [1.165, 1.54) is 13.3 Å². The molecule has 0 aliphatic carbocycles. The lowest BCUT2D eigenvalue weighted by molar-refractivity contribution is -0.135.